The number of carbonyl (C=O) groups excluding carboxylic acids is 1. The van der Waals surface area contributed by atoms with Crippen molar-refractivity contribution in [1.29, 1.82) is 0 Å². The van der Waals surface area contributed by atoms with E-state index in [1.807, 2.05) is 0 Å². The second-order valence-corrected chi connectivity index (χ2v) is 3.59. The molecule has 0 aliphatic rings. The Bertz CT molecular complexity index is 396. The Labute approximate surface area is 92.7 Å². The molecule has 1 aromatic rings. The third-order valence-corrected chi connectivity index (χ3v) is 2.35. The predicted octanol–water partition coefficient (Wildman–Crippen LogP) is 3.68. The fraction of sp³-hybridized carbons (Fsp3) is 0.100. The SMILES string of the molecule is O=CC=Cc1ccc(Br)c(C(F)(F)F)c1. The van der Waals surface area contributed by atoms with Gasteiger partial charge in [0.05, 0.1) is 5.56 Å². The van der Waals surface area contributed by atoms with Crippen molar-refractivity contribution in [2.45, 2.75) is 6.18 Å². The minimum atomic E-state index is -4.40. The number of alkyl halides is 3. The molecule has 1 rings (SSSR count). The van der Waals surface area contributed by atoms with E-state index in [0.717, 1.165) is 12.1 Å². The molecule has 0 unspecified atom stereocenters. The maximum atomic E-state index is 12.4. The Hall–Kier alpha value is -1.10. The summed E-state index contributed by atoms with van der Waals surface area (Å²) in [6.45, 7) is 0. The van der Waals surface area contributed by atoms with Crippen LogP contribution in [0, 0.1) is 0 Å². The van der Waals surface area contributed by atoms with Gasteiger partial charge in [0.15, 0.2) is 0 Å². The summed E-state index contributed by atoms with van der Waals surface area (Å²) < 4.78 is 37.3. The summed E-state index contributed by atoms with van der Waals surface area (Å²) in [7, 11) is 0. The molecule has 0 saturated carbocycles. The molecule has 5 heteroatoms. The van der Waals surface area contributed by atoms with Crippen LogP contribution >= 0.6 is 15.9 Å². The Morgan fingerprint density at radius 1 is 1.27 bits per heavy atom. The van der Waals surface area contributed by atoms with Gasteiger partial charge in [-0.05, 0) is 23.8 Å². The molecule has 1 aromatic carbocycles. The summed E-state index contributed by atoms with van der Waals surface area (Å²) in [5.74, 6) is 0. The van der Waals surface area contributed by atoms with Crippen molar-refractivity contribution in [2.75, 3.05) is 0 Å². The second-order valence-electron chi connectivity index (χ2n) is 2.73. The molecule has 0 aliphatic carbocycles. The fourth-order valence-corrected chi connectivity index (χ4v) is 1.49. The molecular formula is C10H6BrF3O. The third-order valence-electron chi connectivity index (χ3n) is 1.66. The van der Waals surface area contributed by atoms with Crippen molar-refractivity contribution >= 4 is 28.3 Å². The lowest BCUT2D eigenvalue weighted by molar-refractivity contribution is -0.138. The maximum absolute atomic E-state index is 12.4. The summed E-state index contributed by atoms with van der Waals surface area (Å²) in [6, 6.07) is 3.76. The van der Waals surface area contributed by atoms with Gasteiger partial charge in [0.25, 0.3) is 0 Å². The quantitative estimate of drug-likeness (QED) is 0.596. The Morgan fingerprint density at radius 2 is 1.93 bits per heavy atom. The molecule has 15 heavy (non-hydrogen) atoms. The number of aldehydes is 1. The van der Waals surface area contributed by atoms with Gasteiger partial charge in [-0.15, -0.1) is 0 Å². The van der Waals surface area contributed by atoms with Gasteiger partial charge in [0, 0.05) is 4.47 Å². The Balaban J connectivity index is 3.17. The lowest BCUT2D eigenvalue weighted by Gasteiger charge is -2.09. The molecule has 0 heterocycles. The molecule has 0 amide bonds. The number of carbonyl (C=O) groups is 1. The van der Waals surface area contributed by atoms with Gasteiger partial charge in [-0.1, -0.05) is 28.1 Å². The van der Waals surface area contributed by atoms with E-state index in [-0.39, 0.29) is 4.47 Å². The van der Waals surface area contributed by atoms with E-state index in [9.17, 15) is 18.0 Å². The van der Waals surface area contributed by atoms with Crippen LogP contribution in [0.5, 0.6) is 0 Å². The first-order chi connectivity index (χ1) is 6.95. The molecule has 0 N–H and O–H groups in total. The second kappa shape index (κ2) is 4.61. The first-order valence-electron chi connectivity index (χ1n) is 3.94. The van der Waals surface area contributed by atoms with Crippen LogP contribution in [0.2, 0.25) is 0 Å². The van der Waals surface area contributed by atoms with Crippen LogP contribution in [0.15, 0.2) is 28.7 Å². The normalized spacial score (nSPS) is 12.0. The number of rotatable bonds is 2. The van der Waals surface area contributed by atoms with Crippen molar-refractivity contribution < 1.29 is 18.0 Å². The molecule has 0 fully saturated rings. The monoisotopic (exact) mass is 278 g/mol. The zero-order chi connectivity index (χ0) is 11.5. The molecular weight excluding hydrogens is 273 g/mol. The maximum Gasteiger partial charge on any atom is 0.417 e. The standard InChI is InChI=1S/C10H6BrF3O/c11-9-4-3-7(2-1-5-15)6-8(9)10(12,13)14/h1-6H. The number of hydrogen-bond donors (Lipinski definition) is 0. The van der Waals surface area contributed by atoms with Crippen molar-refractivity contribution in [2.24, 2.45) is 0 Å². The van der Waals surface area contributed by atoms with Gasteiger partial charge in [-0.2, -0.15) is 13.2 Å². The van der Waals surface area contributed by atoms with E-state index < -0.39 is 11.7 Å². The molecule has 1 nitrogen and oxygen atoms in total. The zero-order valence-electron chi connectivity index (χ0n) is 7.38. The average molecular weight is 279 g/mol. The highest BCUT2D eigenvalue weighted by Crippen LogP contribution is 2.35. The summed E-state index contributed by atoms with van der Waals surface area (Å²) in [5.41, 5.74) is -0.423. The molecule has 0 bridgehead atoms. The van der Waals surface area contributed by atoms with Crippen LogP contribution in [-0.4, -0.2) is 6.29 Å². The van der Waals surface area contributed by atoms with Gasteiger partial charge in [0.1, 0.15) is 6.29 Å². The number of allylic oxidation sites excluding steroid dienone is 1. The molecule has 0 spiro atoms. The number of hydrogen-bond acceptors (Lipinski definition) is 1. The van der Waals surface area contributed by atoms with Crippen LogP contribution < -0.4 is 0 Å². The van der Waals surface area contributed by atoms with E-state index in [2.05, 4.69) is 15.9 Å². The molecule has 0 atom stereocenters. The minimum absolute atomic E-state index is 0.0155. The van der Waals surface area contributed by atoms with Crippen molar-refractivity contribution in [3.63, 3.8) is 0 Å². The summed E-state index contributed by atoms with van der Waals surface area (Å²) in [6.07, 6.45) is -1.43. The largest absolute Gasteiger partial charge is 0.417 e. The van der Waals surface area contributed by atoms with Gasteiger partial charge >= 0.3 is 6.18 Å². The molecule has 80 valence electrons. The van der Waals surface area contributed by atoms with Gasteiger partial charge < -0.3 is 0 Å². The minimum Gasteiger partial charge on any atom is -0.299 e. The smallest absolute Gasteiger partial charge is 0.299 e. The lowest BCUT2D eigenvalue weighted by atomic mass is 10.1. The molecule has 0 aromatic heterocycles. The number of halogens is 4. The highest BCUT2D eigenvalue weighted by atomic mass is 79.9. The van der Waals surface area contributed by atoms with Crippen LogP contribution in [0.3, 0.4) is 0 Å². The fourth-order valence-electron chi connectivity index (χ4n) is 1.01. The summed E-state index contributed by atoms with van der Waals surface area (Å²) >= 11 is 2.82. The van der Waals surface area contributed by atoms with Crippen LogP contribution in [0.4, 0.5) is 13.2 Å². The van der Waals surface area contributed by atoms with Crippen LogP contribution in [0.1, 0.15) is 11.1 Å². The van der Waals surface area contributed by atoms with Crippen LogP contribution in [0.25, 0.3) is 6.08 Å². The highest BCUT2D eigenvalue weighted by Gasteiger charge is 2.32. The van der Waals surface area contributed by atoms with Crippen molar-refractivity contribution in [3.05, 3.63) is 39.9 Å². The van der Waals surface area contributed by atoms with E-state index in [1.165, 1.54) is 18.2 Å². The lowest BCUT2D eigenvalue weighted by Crippen LogP contribution is -2.06. The van der Waals surface area contributed by atoms with Crippen molar-refractivity contribution in [3.8, 4) is 0 Å². The summed E-state index contributed by atoms with van der Waals surface area (Å²) in [5, 5.41) is 0. The van der Waals surface area contributed by atoms with E-state index in [0.29, 0.717) is 11.8 Å². The van der Waals surface area contributed by atoms with E-state index in [4.69, 9.17) is 0 Å². The van der Waals surface area contributed by atoms with Gasteiger partial charge in [0.2, 0.25) is 0 Å². The molecule has 0 saturated heterocycles. The third kappa shape index (κ3) is 3.20. The van der Waals surface area contributed by atoms with Gasteiger partial charge in [-0.3, -0.25) is 4.79 Å². The first kappa shape index (κ1) is 12.0. The highest BCUT2D eigenvalue weighted by molar-refractivity contribution is 9.10. The van der Waals surface area contributed by atoms with Gasteiger partial charge in [-0.25, -0.2) is 0 Å². The van der Waals surface area contributed by atoms with Crippen LogP contribution in [-0.2, 0) is 11.0 Å². The predicted molar refractivity (Wildman–Crippen MR) is 54.2 cm³/mol. The molecule has 0 aliphatic heterocycles. The topological polar surface area (TPSA) is 17.1 Å². The summed E-state index contributed by atoms with van der Waals surface area (Å²) in [4.78, 5) is 10.0. The van der Waals surface area contributed by atoms with E-state index >= 15 is 0 Å². The van der Waals surface area contributed by atoms with E-state index in [1.54, 1.807) is 0 Å². The Kier molecular flexibility index (Phi) is 3.68. The van der Waals surface area contributed by atoms with Crippen molar-refractivity contribution in [1.82, 2.24) is 0 Å². The average Bonchev–Trinajstić information content (AvgIpc) is 2.15. The zero-order valence-corrected chi connectivity index (χ0v) is 8.97. The first-order valence-corrected chi connectivity index (χ1v) is 4.73. The molecule has 0 radical (unpaired) electrons. The number of benzene rings is 1. The Morgan fingerprint density at radius 3 is 2.47 bits per heavy atom.